The number of nitrogens with zero attached hydrogens (tertiary/aromatic N) is 1. The minimum atomic E-state index is -1.53. The van der Waals surface area contributed by atoms with Crippen molar-refractivity contribution in [3.8, 4) is 5.75 Å². The van der Waals surface area contributed by atoms with E-state index in [1.54, 1.807) is 45.0 Å². The van der Waals surface area contributed by atoms with Gasteiger partial charge in [-0.2, -0.15) is 0 Å². The molecule has 0 aliphatic rings. The number of amides is 3. The molecule has 2 unspecified atom stereocenters. The van der Waals surface area contributed by atoms with Crippen LogP contribution in [0, 0.1) is 10.1 Å². The smallest absolute Gasteiger partial charge is 0.408 e. The number of carbonyl (C=O) groups excluding carboxylic acids is 5. The SMILES string of the molecule is CC(C)(C)OC(=O)NC(CCC(=O)OCc1ccccc1)C(=O)NC(CO)C(=O)NCC(=O)Oc1ccc([N+](=O)[O-])cc1. The molecule has 0 bridgehead atoms. The third-order valence-electron chi connectivity index (χ3n) is 5.39. The summed E-state index contributed by atoms with van der Waals surface area (Å²) in [6.45, 7) is 3.32. The highest BCUT2D eigenvalue weighted by molar-refractivity contribution is 5.92. The van der Waals surface area contributed by atoms with Crippen molar-refractivity contribution in [3.05, 3.63) is 70.3 Å². The van der Waals surface area contributed by atoms with E-state index in [4.69, 9.17) is 14.2 Å². The van der Waals surface area contributed by atoms with Crippen molar-refractivity contribution in [2.24, 2.45) is 0 Å². The van der Waals surface area contributed by atoms with Gasteiger partial charge in [-0.25, -0.2) is 9.59 Å². The first kappa shape index (κ1) is 34.2. The molecule has 0 aliphatic carbocycles. The monoisotopic (exact) mass is 602 g/mol. The molecule has 43 heavy (non-hydrogen) atoms. The van der Waals surface area contributed by atoms with Crippen molar-refractivity contribution < 1.29 is 48.2 Å². The lowest BCUT2D eigenvalue weighted by Crippen LogP contribution is -2.56. The summed E-state index contributed by atoms with van der Waals surface area (Å²) in [6.07, 6.45) is -1.45. The van der Waals surface area contributed by atoms with E-state index >= 15 is 0 Å². The Balaban J connectivity index is 1.95. The number of esters is 2. The van der Waals surface area contributed by atoms with Crippen LogP contribution in [-0.4, -0.2) is 70.7 Å². The van der Waals surface area contributed by atoms with Crippen molar-refractivity contribution in [1.29, 1.82) is 0 Å². The van der Waals surface area contributed by atoms with E-state index in [1.807, 2.05) is 6.07 Å². The summed E-state index contributed by atoms with van der Waals surface area (Å²) >= 11 is 0. The summed E-state index contributed by atoms with van der Waals surface area (Å²) in [5, 5.41) is 27.2. The van der Waals surface area contributed by atoms with Crippen LogP contribution in [0.15, 0.2) is 54.6 Å². The van der Waals surface area contributed by atoms with Gasteiger partial charge in [0.1, 0.15) is 36.6 Å². The van der Waals surface area contributed by atoms with E-state index in [9.17, 15) is 39.2 Å². The van der Waals surface area contributed by atoms with Crippen molar-refractivity contribution in [2.75, 3.05) is 13.2 Å². The number of ether oxygens (including phenoxy) is 3. The van der Waals surface area contributed by atoms with Crippen molar-refractivity contribution in [3.63, 3.8) is 0 Å². The average Bonchev–Trinajstić information content (AvgIpc) is 2.95. The molecule has 2 rings (SSSR count). The summed E-state index contributed by atoms with van der Waals surface area (Å²) in [4.78, 5) is 72.4. The maximum atomic E-state index is 13.0. The van der Waals surface area contributed by atoms with Crippen LogP contribution in [0.4, 0.5) is 10.5 Å². The maximum absolute atomic E-state index is 13.0. The number of aliphatic hydroxyl groups is 1. The summed E-state index contributed by atoms with van der Waals surface area (Å²) in [5.41, 5.74) is -0.348. The molecule has 0 spiro atoms. The quantitative estimate of drug-likeness (QED) is 0.105. The zero-order valence-corrected chi connectivity index (χ0v) is 23.9. The molecule has 2 aromatic carbocycles. The fraction of sp³-hybridized carbons (Fsp3) is 0.393. The second-order valence-electron chi connectivity index (χ2n) is 10.1. The largest absolute Gasteiger partial charge is 0.461 e. The number of carbonyl (C=O) groups is 5. The number of hydrogen-bond donors (Lipinski definition) is 4. The van der Waals surface area contributed by atoms with E-state index in [0.29, 0.717) is 0 Å². The van der Waals surface area contributed by atoms with Gasteiger partial charge in [0, 0.05) is 18.6 Å². The van der Waals surface area contributed by atoms with Gasteiger partial charge in [-0.05, 0) is 44.9 Å². The molecule has 0 radical (unpaired) electrons. The molecule has 2 aromatic rings. The average molecular weight is 603 g/mol. The molecule has 2 atom stereocenters. The number of nitro benzene ring substituents is 1. The van der Waals surface area contributed by atoms with Gasteiger partial charge in [0.15, 0.2) is 0 Å². The maximum Gasteiger partial charge on any atom is 0.408 e. The van der Waals surface area contributed by atoms with E-state index in [-0.39, 0.29) is 30.9 Å². The Hall–Kier alpha value is -5.05. The van der Waals surface area contributed by atoms with Crippen LogP contribution in [0.5, 0.6) is 5.75 Å². The fourth-order valence-electron chi connectivity index (χ4n) is 3.34. The number of nitro groups is 1. The van der Waals surface area contributed by atoms with Gasteiger partial charge in [-0.1, -0.05) is 30.3 Å². The lowest BCUT2D eigenvalue weighted by Gasteiger charge is -2.24. The first-order chi connectivity index (χ1) is 20.3. The van der Waals surface area contributed by atoms with Crippen LogP contribution >= 0.6 is 0 Å². The number of nitrogens with one attached hydrogen (secondary N) is 3. The number of benzene rings is 2. The Morgan fingerprint density at radius 2 is 1.56 bits per heavy atom. The Morgan fingerprint density at radius 1 is 0.907 bits per heavy atom. The normalized spacial score (nSPS) is 12.2. The molecule has 232 valence electrons. The van der Waals surface area contributed by atoms with Crippen LogP contribution in [0.3, 0.4) is 0 Å². The molecule has 0 saturated carbocycles. The topological polar surface area (TPSA) is 212 Å². The molecule has 0 fully saturated rings. The van der Waals surface area contributed by atoms with Crippen LogP contribution in [0.25, 0.3) is 0 Å². The first-order valence-electron chi connectivity index (χ1n) is 13.1. The van der Waals surface area contributed by atoms with Crippen LogP contribution in [0.2, 0.25) is 0 Å². The molecule has 3 amide bonds. The number of non-ortho nitro benzene ring substituents is 1. The highest BCUT2D eigenvalue weighted by Crippen LogP contribution is 2.17. The second-order valence-corrected chi connectivity index (χ2v) is 10.1. The summed E-state index contributed by atoms with van der Waals surface area (Å²) in [5.74, 6) is -3.44. The number of rotatable bonds is 14. The lowest BCUT2D eigenvalue weighted by atomic mass is 10.1. The predicted octanol–water partition coefficient (Wildman–Crippen LogP) is 1.51. The fourth-order valence-corrected chi connectivity index (χ4v) is 3.34. The Labute approximate surface area is 247 Å². The van der Waals surface area contributed by atoms with Gasteiger partial charge >= 0.3 is 18.0 Å². The predicted molar refractivity (Wildman–Crippen MR) is 149 cm³/mol. The zero-order valence-electron chi connectivity index (χ0n) is 23.9. The van der Waals surface area contributed by atoms with Crippen molar-refractivity contribution >= 4 is 35.5 Å². The lowest BCUT2D eigenvalue weighted by molar-refractivity contribution is -0.384. The molecular weight excluding hydrogens is 568 g/mol. The highest BCUT2D eigenvalue weighted by Gasteiger charge is 2.29. The number of aliphatic hydroxyl groups excluding tert-OH is 1. The van der Waals surface area contributed by atoms with Gasteiger partial charge in [0.2, 0.25) is 11.8 Å². The number of alkyl carbamates (subject to hydrolysis) is 1. The Morgan fingerprint density at radius 3 is 2.14 bits per heavy atom. The molecule has 0 aliphatic heterocycles. The van der Waals surface area contributed by atoms with E-state index in [2.05, 4.69) is 16.0 Å². The molecule has 4 N–H and O–H groups in total. The van der Waals surface area contributed by atoms with Crippen LogP contribution in [-0.2, 0) is 35.3 Å². The molecule has 0 aromatic heterocycles. The molecule has 15 heteroatoms. The zero-order chi connectivity index (χ0) is 32.0. The minimum Gasteiger partial charge on any atom is -0.461 e. The molecular formula is C28H34N4O11. The van der Waals surface area contributed by atoms with Crippen LogP contribution < -0.4 is 20.7 Å². The van der Waals surface area contributed by atoms with Gasteiger partial charge in [0.25, 0.3) is 5.69 Å². The minimum absolute atomic E-state index is 0.00443. The number of hydrogen-bond acceptors (Lipinski definition) is 11. The van der Waals surface area contributed by atoms with Crippen molar-refractivity contribution in [1.82, 2.24) is 16.0 Å². The van der Waals surface area contributed by atoms with E-state index < -0.39 is 65.6 Å². The third kappa shape index (κ3) is 13.0. The summed E-state index contributed by atoms with van der Waals surface area (Å²) in [7, 11) is 0. The van der Waals surface area contributed by atoms with E-state index in [1.165, 1.54) is 12.1 Å². The molecule has 0 saturated heterocycles. The molecule has 15 nitrogen and oxygen atoms in total. The van der Waals surface area contributed by atoms with Gasteiger partial charge in [-0.3, -0.25) is 24.5 Å². The standard InChI is InChI=1S/C28H34N4O11/c1-28(2,3)43-27(38)31-21(13-14-23(34)41-17-18-7-5-4-6-8-18)26(37)30-22(16-33)25(36)29-15-24(35)42-20-11-9-19(10-12-20)32(39)40/h4-12,21-22,33H,13-17H2,1-3H3,(H,29,36)(H,30,37)(H,31,38). The van der Waals surface area contributed by atoms with Gasteiger partial charge in [0.05, 0.1) is 11.5 Å². The molecule has 0 heterocycles. The Bertz CT molecular complexity index is 1280. The first-order valence-corrected chi connectivity index (χ1v) is 13.1. The second kappa shape index (κ2) is 16.4. The van der Waals surface area contributed by atoms with Crippen molar-refractivity contribution in [2.45, 2.75) is 57.9 Å². The summed E-state index contributed by atoms with van der Waals surface area (Å²) < 4.78 is 15.4. The third-order valence-corrected chi connectivity index (χ3v) is 5.39. The van der Waals surface area contributed by atoms with Crippen LogP contribution in [0.1, 0.15) is 39.2 Å². The Kier molecular flexibility index (Phi) is 13.0. The van der Waals surface area contributed by atoms with E-state index in [0.717, 1.165) is 17.7 Å². The van der Waals surface area contributed by atoms with Gasteiger partial charge < -0.3 is 35.3 Å². The van der Waals surface area contributed by atoms with Gasteiger partial charge in [-0.15, -0.1) is 0 Å². The highest BCUT2D eigenvalue weighted by atomic mass is 16.6. The summed E-state index contributed by atoms with van der Waals surface area (Å²) in [6, 6.07) is 10.7.